The molecule has 0 bridgehead atoms. The number of benzene rings is 2. The summed E-state index contributed by atoms with van der Waals surface area (Å²) < 4.78 is 1.23. The monoisotopic (exact) mass is 348 g/mol. The summed E-state index contributed by atoms with van der Waals surface area (Å²) in [7, 11) is 0. The molecule has 18 heavy (non-hydrogen) atoms. The van der Waals surface area contributed by atoms with Crippen molar-refractivity contribution in [3.8, 4) is 6.07 Å². The van der Waals surface area contributed by atoms with Gasteiger partial charge in [-0.2, -0.15) is 5.26 Å². The number of aryl methyl sites for hydroxylation is 1. The van der Waals surface area contributed by atoms with E-state index in [4.69, 9.17) is 5.26 Å². The molecule has 0 aliphatic carbocycles. The Hall–Kier alpha value is -1.54. The van der Waals surface area contributed by atoms with Crippen LogP contribution >= 0.6 is 22.6 Å². The molecule has 0 saturated heterocycles. The Labute approximate surface area is 121 Å². The van der Waals surface area contributed by atoms with E-state index in [2.05, 4.69) is 58.2 Å². The Bertz CT molecular complexity index is 582. The smallest absolute Gasteiger partial charge is 0.102 e. The second-order valence-electron chi connectivity index (χ2n) is 4.09. The predicted molar refractivity (Wildman–Crippen MR) is 82.4 cm³/mol. The highest BCUT2D eigenvalue weighted by Gasteiger charge is 2.04. The molecule has 2 aromatic rings. The first-order chi connectivity index (χ1) is 8.70. The molecule has 90 valence electrons. The molecule has 0 aliphatic rings. The van der Waals surface area contributed by atoms with Crippen molar-refractivity contribution in [2.75, 3.05) is 5.32 Å². The van der Waals surface area contributed by atoms with E-state index in [1.54, 1.807) is 0 Å². The minimum Gasteiger partial charge on any atom is -0.380 e. The van der Waals surface area contributed by atoms with Crippen molar-refractivity contribution in [2.45, 2.75) is 13.5 Å². The molecular formula is C15H13IN2. The summed E-state index contributed by atoms with van der Waals surface area (Å²) in [6.07, 6.45) is 0. The van der Waals surface area contributed by atoms with Crippen molar-refractivity contribution in [3.05, 3.63) is 62.7 Å². The van der Waals surface area contributed by atoms with E-state index in [1.165, 1.54) is 9.13 Å². The molecule has 0 heterocycles. The predicted octanol–water partition coefficient (Wildman–Crippen LogP) is 4.08. The molecule has 0 unspecified atom stereocenters. The molecule has 0 radical (unpaired) electrons. The molecule has 0 amide bonds. The number of hydrogen-bond acceptors (Lipinski definition) is 2. The lowest BCUT2D eigenvalue weighted by Crippen LogP contribution is -2.02. The third-order valence-electron chi connectivity index (χ3n) is 2.78. The van der Waals surface area contributed by atoms with Crippen LogP contribution < -0.4 is 5.32 Å². The van der Waals surface area contributed by atoms with E-state index in [9.17, 15) is 0 Å². The van der Waals surface area contributed by atoms with Gasteiger partial charge in [0.1, 0.15) is 6.07 Å². The number of nitrogens with one attached hydrogen (secondary N) is 1. The van der Waals surface area contributed by atoms with E-state index < -0.39 is 0 Å². The second-order valence-corrected chi connectivity index (χ2v) is 5.33. The molecule has 0 fully saturated rings. The Morgan fingerprint density at radius 3 is 2.56 bits per heavy atom. The summed E-state index contributed by atoms with van der Waals surface area (Å²) in [6.45, 7) is 2.68. The SMILES string of the molecule is Cc1cccc(NCc2ccc(I)cc2)c1C#N. The summed E-state index contributed by atoms with van der Waals surface area (Å²) in [6, 6.07) is 16.5. The van der Waals surface area contributed by atoms with Crippen molar-refractivity contribution in [2.24, 2.45) is 0 Å². The highest BCUT2D eigenvalue weighted by atomic mass is 127. The molecule has 0 aliphatic heterocycles. The Morgan fingerprint density at radius 2 is 1.89 bits per heavy atom. The van der Waals surface area contributed by atoms with Crippen LogP contribution in [0.3, 0.4) is 0 Å². The molecule has 3 heteroatoms. The van der Waals surface area contributed by atoms with Gasteiger partial charge < -0.3 is 5.32 Å². The van der Waals surface area contributed by atoms with E-state index in [0.717, 1.165) is 23.4 Å². The van der Waals surface area contributed by atoms with Crippen molar-refractivity contribution in [3.63, 3.8) is 0 Å². The summed E-state index contributed by atoms with van der Waals surface area (Å²) in [5.74, 6) is 0. The van der Waals surface area contributed by atoms with Crippen molar-refractivity contribution in [1.82, 2.24) is 0 Å². The van der Waals surface area contributed by atoms with Crippen LogP contribution in [0.1, 0.15) is 16.7 Å². The van der Waals surface area contributed by atoms with E-state index >= 15 is 0 Å². The zero-order valence-electron chi connectivity index (χ0n) is 10.1. The first kappa shape index (κ1) is 12.9. The minimum absolute atomic E-state index is 0.725. The van der Waals surface area contributed by atoms with Gasteiger partial charge in [-0.25, -0.2) is 0 Å². The first-order valence-corrected chi connectivity index (χ1v) is 6.76. The minimum atomic E-state index is 0.725. The summed E-state index contributed by atoms with van der Waals surface area (Å²) in [5.41, 5.74) is 3.84. The molecule has 1 N–H and O–H groups in total. The molecule has 0 aromatic heterocycles. The number of rotatable bonds is 3. The maximum Gasteiger partial charge on any atom is 0.102 e. The zero-order valence-corrected chi connectivity index (χ0v) is 12.2. The Kier molecular flexibility index (Phi) is 4.21. The fraction of sp³-hybridized carbons (Fsp3) is 0.133. The summed E-state index contributed by atoms with van der Waals surface area (Å²) in [5, 5.41) is 12.5. The highest BCUT2D eigenvalue weighted by Crippen LogP contribution is 2.19. The van der Waals surface area contributed by atoms with Gasteiger partial charge in [0.25, 0.3) is 0 Å². The van der Waals surface area contributed by atoms with Crippen molar-refractivity contribution >= 4 is 28.3 Å². The molecule has 2 rings (SSSR count). The van der Waals surface area contributed by atoms with Crippen LogP contribution in [0.5, 0.6) is 0 Å². The Balaban J connectivity index is 2.14. The topological polar surface area (TPSA) is 35.8 Å². The lowest BCUT2D eigenvalue weighted by molar-refractivity contribution is 1.14. The van der Waals surface area contributed by atoms with E-state index in [-0.39, 0.29) is 0 Å². The average Bonchev–Trinajstić information content (AvgIpc) is 2.38. The zero-order chi connectivity index (χ0) is 13.0. The van der Waals surface area contributed by atoms with Crippen LogP contribution in [-0.4, -0.2) is 0 Å². The fourth-order valence-electron chi connectivity index (χ4n) is 1.76. The Morgan fingerprint density at radius 1 is 1.17 bits per heavy atom. The molecule has 2 nitrogen and oxygen atoms in total. The number of halogens is 1. The van der Waals surface area contributed by atoms with Crippen molar-refractivity contribution in [1.29, 1.82) is 5.26 Å². The highest BCUT2D eigenvalue weighted by molar-refractivity contribution is 14.1. The van der Waals surface area contributed by atoms with Gasteiger partial charge in [-0.1, -0.05) is 24.3 Å². The van der Waals surface area contributed by atoms with Crippen LogP contribution in [0.15, 0.2) is 42.5 Å². The maximum atomic E-state index is 9.14. The lowest BCUT2D eigenvalue weighted by Gasteiger charge is -2.10. The van der Waals surface area contributed by atoms with Gasteiger partial charge in [-0.15, -0.1) is 0 Å². The third-order valence-corrected chi connectivity index (χ3v) is 3.50. The quantitative estimate of drug-likeness (QED) is 0.849. The molecule has 2 aromatic carbocycles. The summed E-state index contributed by atoms with van der Waals surface area (Å²) >= 11 is 2.29. The third kappa shape index (κ3) is 3.02. The molecule has 0 spiro atoms. The van der Waals surface area contributed by atoms with E-state index in [1.807, 2.05) is 25.1 Å². The number of nitriles is 1. The maximum absolute atomic E-state index is 9.14. The van der Waals surface area contributed by atoms with Crippen LogP contribution in [-0.2, 0) is 6.54 Å². The van der Waals surface area contributed by atoms with Gasteiger partial charge in [0, 0.05) is 10.1 Å². The summed E-state index contributed by atoms with van der Waals surface area (Å²) in [4.78, 5) is 0. The van der Waals surface area contributed by atoms with Crippen LogP contribution in [0.4, 0.5) is 5.69 Å². The second kappa shape index (κ2) is 5.87. The first-order valence-electron chi connectivity index (χ1n) is 5.69. The largest absolute Gasteiger partial charge is 0.380 e. The average molecular weight is 348 g/mol. The van der Waals surface area contributed by atoms with Gasteiger partial charge in [-0.05, 0) is 58.8 Å². The standard InChI is InChI=1S/C15H13IN2/c1-11-3-2-4-15(14(11)9-17)18-10-12-5-7-13(16)8-6-12/h2-8,18H,10H2,1H3. The fourth-order valence-corrected chi connectivity index (χ4v) is 2.12. The van der Waals surface area contributed by atoms with Crippen molar-refractivity contribution < 1.29 is 0 Å². The van der Waals surface area contributed by atoms with Crippen LogP contribution in [0.25, 0.3) is 0 Å². The number of hydrogen-bond donors (Lipinski definition) is 1. The van der Waals surface area contributed by atoms with Crippen LogP contribution in [0, 0.1) is 21.8 Å². The van der Waals surface area contributed by atoms with Crippen LogP contribution in [0.2, 0.25) is 0 Å². The molecular weight excluding hydrogens is 335 g/mol. The normalized spacial score (nSPS) is 9.83. The van der Waals surface area contributed by atoms with Gasteiger partial charge in [0.05, 0.1) is 11.3 Å². The molecule has 0 atom stereocenters. The van der Waals surface area contributed by atoms with E-state index in [0.29, 0.717) is 0 Å². The van der Waals surface area contributed by atoms with Gasteiger partial charge in [-0.3, -0.25) is 0 Å². The van der Waals surface area contributed by atoms with Gasteiger partial charge >= 0.3 is 0 Å². The van der Waals surface area contributed by atoms with Gasteiger partial charge in [0.15, 0.2) is 0 Å². The molecule has 0 saturated carbocycles. The van der Waals surface area contributed by atoms with Gasteiger partial charge in [0.2, 0.25) is 0 Å². The number of nitrogens with zero attached hydrogens (tertiary/aromatic N) is 1. The number of anilines is 1. The lowest BCUT2D eigenvalue weighted by atomic mass is 10.1.